The zero-order valence-electron chi connectivity index (χ0n) is 6.66. The number of nitrogens with zero attached hydrogens (tertiary/aromatic N) is 2. The molecule has 0 radical (unpaired) electrons. The molecular formula is C7H11N3O. The number of hydrogen-bond acceptors (Lipinski definition) is 2. The lowest BCUT2D eigenvalue weighted by Crippen LogP contribution is -2.25. The van der Waals surface area contributed by atoms with Gasteiger partial charge in [-0.2, -0.15) is 0 Å². The summed E-state index contributed by atoms with van der Waals surface area (Å²) in [6, 6.07) is 0. The molecule has 11 heavy (non-hydrogen) atoms. The van der Waals surface area contributed by atoms with Crippen molar-refractivity contribution in [3.8, 4) is 0 Å². The SMILES string of the molecule is C=NC(=N/C=C\C)NC(C)=O. The largest absolute Gasteiger partial charge is 0.295 e. The van der Waals surface area contributed by atoms with Crippen molar-refractivity contribution in [2.45, 2.75) is 13.8 Å². The van der Waals surface area contributed by atoms with Crippen LogP contribution >= 0.6 is 0 Å². The van der Waals surface area contributed by atoms with Gasteiger partial charge in [0.05, 0.1) is 0 Å². The first-order chi connectivity index (χ1) is 5.20. The average molecular weight is 153 g/mol. The first kappa shape index (κ1) is 9.55. The average Bonchev–Trinajstić information content (AvgIpc) is 1.97. The van der Waals surface area contributed by atoms with Crippen LogP contribution in [-0.2, 0) is 4.79 Å². The Bertz CT molecular complexity index is 206. The number of guanidine groups is 1. The summed E-state index contributed by atoms with van der Waals surface area (Å²) in [7, 11) is 0. The predicted octanol–water partition coefficient (Wildman–Crippen LogP) is 0.713. The molecule has 0 unspecified atom stereocenters. The van der Waals surface area contributed by atoms with Gasteiger partial charge >= 0.3 is 0 Å². The van der Waals surface area contributed by atoms with Crippen molar-refractivity contribution in [2.75, 3.05) is 0 Å². The van der Waals surface area contributed by atoms with Gasteiger partial charge in [-0.15, -0.1) is 0 Å². The number of aliphatic imine (C=N–C) groups is 2. The second-order valence-corrected chi connectivity index (χ2v) is 1.77. The highest BCUT2D eigenvalue weighted by Crippen LogP contribution is 1.78. The molecule has 4 nitrogen and oxygen atoms in total. The zero-order chi connectivity index (χ0) is 8.69. The minimum Gasteiger partial charge on any atom is -0.295 e. The minimum absolute atomic E-state index is 0.208. The van der Waals surface area contributed by atoms with Crippen molar-refractivity contribution in [1.29, 1.82) is 0 Å². The van der Waals surface area contributed by atoms with Gasteiger partial charge in [0.25, 0.3) is 0 Å². The molecule has 0 saturated carbocycles. The molecule has 0 atom stereocenters. The fraction of sp³-hybridized carbons (Fsp3) is 0.286. The van der Waals surface area contributed by atoms with E-state index < -0.39 is 0 Å². The van der Waals surface area contributed by atoms with E-state index in [9.17, 15) is 4.79 Å². The van der Waals surface area contributed by atoms with Crippen molar-refractivity contribution >= 4 is 18.6 Å². The summed E-state index contributed by atoms with van der Waals surface area (Å²) in [5, 5.41) is 2.40. The highest BCUT2D eigenvalue weighted by Gasteiger charge is 1.94. The van der Waals surface area contributed by atoms with E-state index in [2.05, 4.69) is 22.0 Å². The number of hydrogen-bond donors (Lipinski definition) is 1. The Balaban J connectivity index is 4.15. The van der Waals surface area contributed by atoms with Gasteiger partial charge < -0.3 is 0 Å². The van der Waals surface area contributed by atoms with Crippen LogP contribution in [0.4, 0.5) is 0 Å². The molecule has 0 aliphatic carbocycles. The topological polar surface area (TPSA) is 53.8 Å². The van der Waals surface area contributed by atoms with E-state index in [1.54, 1.807) is 6.08 Å². The minimum atomic E-state index is -0.208. The summed E-state index contributed by atoms with van der Waals surface area (Å²) in [4.78, 5) is 17.7. The second-order valence-electron chi connectivity index (χ2n) is 1.77. The van der Waals surface area contributed by atoms with Crippen LogP contribution in [0.2, 0.25) is 0 Å². The second kappa shape index (κ2) is 5.34. The number of allylic oxidation sites excluding steroid dienone is 1. The van der Waals surface area contributed by atoms with E-state index >= 15 is 0 Å². The number of carbonyl (C=O) groups is 1. The van der Waals surface area contributed by atoms with Gasteiger partial charge in [-0.25, -0.2) is 9.98 Å². The molecule has 0 spiro atoms. The van der Waals surface area contributed by atoms with Crippen LogP contribution in [0, 0.1) is 0 Å². The molecule has 0 bridgehead atoms. The molecule has 4 heteroatoms. The van der Waals surface area contributed by atoms with Crippen LogP contribution in [0.1, 0.15) is 13.8 Å². The van der Waals surface area contributed by atoms with Gasteiger partial charge in [0.2, 0.25) is 11.9 Å². The van der Waals surface area contributed by atoms with Gasteiger partial charge in [-0.1, -0.05) is 6.08 Å². The molecule has 0 rings (SSSR count). The molecule has 0 fully saturated rings. The van der Waals surface area contributed by atoms with E-state index in [0.717, 1.165) is 0 Å². The molecule has 0 aliphatic rings. The van der Waals surface area contributed by atoms with Crippen LogP contribution in [0.5, 0.6) is 0 Å². The smallest absolute Gasteiger partial charge is 0.228 e. The van der Waals surface area contributed by atoms with Crippen molar-refractivity contribution in [3.63, 3.8) is 0 Å². The molecule has 0 aliphatic heterocycles. The summed E-state index contributed by atoms with van der Waals surface area (Å²) < 4.78 is 0. The molecule has 0 heterocycles. The van der Waals surface area contributed by atoms with E-state index in [1.807, 2.05) is 6.92 Å². The van der Waals surface area contributed by atoms with E-state index in [1.165, 1.54) is 13.1 Å². The van der Waals surface area contributed by atoms with Crippen LogP contribution in [0.15, 0.2) is 22.3 Å². The Morgan fingerprint density at radius 2 is 2.27 bits per heavy atom. The molecule has 1 N–H and O–H groups in total. The lowest BCUT2D eigenvalue weighted by molar-refractivity contribution is -0.117. The van der Waals surface area contributed by atoms with Crippen molar-refractivity contribution in [2.24, 2.45) is 9.98 Å². The fourth-order valence-electron chi connectivity index (χ4n) is 0.415. The first-order valence-corrected chi connectivity index (χ1v) is 3.14. The first-order valence-electron chi connectivity index (χ1n) is 3.14. The third-order valence-corrected chi connectivity index (χ3v) is 0.783. The normalized spacial score (nSPS) is 11.6. The quantitative estimate of drug-likeness (QED) is 0.438. The van der Waals surface area contributed by atoms with Crippen LogP contribution in [0.25, 0.3) is 0 Å². The van der Waals surface area contributed by atoms with Crippen molar-refractivity contribution < 1.29 is 4.79 Å². The Labute approximate surface area is 65.7 Å². The summed E-state index contributed by atoms with van der Waals surface area (Å²) in [5.74, 6) is 0.0104. The summed E-state index contributed by atoms with van der Waals surface area (Å²) >= 11 is 0. The molecular weight excluding hydrogens is 142 g/mol. The van der Waals surface area contributed by atoms with E-state index in [4.69, 9.17) is 0 Å². The van der Waals surface area contributed by atoms with Crippen LogP contribution in [0.3, 0.4) is 0 Å². The molecule has 0 aromatic rings. The highest BCUT2D eigenvalue weighted by atomic mass is 16.1. The van der Waals surface area contributed by atoms with E-state index in [-0.39, 0.29) is 11.9 Å². The Morgan fingerprint density at radius 1 is 1.64 bits per heavy atom. The maximum Gasteiger partial charge on any atom is 0.228 e. The lowest BCUT2D eigenvalue weighted by atomic mass is 10.7. The Morgan fingerprint density at radius 3 is 2.64 bits per heavy atom. The van der Waals surface area contributed by atoms with Crippen LogP contribution in [-0.4, -0.2) is 18.6 Å². The maximum atomic E-state index is 10.5. The van der Waals surface area contributed by atoms with E-state index in [0.29, 0.717) is 0 Å². The Hall–Kier alpha value is -1.45. The third-order valence-electron chi connectivity index (χ3n) is 0.783. The van der Waals surface area contributed by atoms with Crippen LogP contribution < -0.4 is 5.32 Å². The highest BCUT2D eigenvalue weighted by molar-refractivity contribution is 5.98. The molecule has 60 valence electrons. The number of amides is 1. The zero-order valence-corrected chi connectivity index (χ0v) is 6.66. The van der Waals surface area contributed by atoms with Gasteiger partial charge in [0.15, 0.2) is 0 Å². The fourth-order valence-corrected chi connectivity index (χ4v) is 0.415. The number of carbonyl (C=O) groups excluding carboxylic acids is 1. The van der Waals surface area contributed by atoms with Gasteiger partial charge in [0.1, 0.15) is 0 Å². The van der Waals surface area contributed by atoms with Crippen molar-refractivity contribution in [3.05, 3.63) is 12.3 Å². The molecule has 0 aromatic heterocycles. The molecule has 0 aromatic carbocycles. The summed E-state index contributed by atoms with van der Waals surface area (Å²) in [6.07, 6.45) is 3.26. The lowest BCUT2D eigenvalue weighted by Gasteiger charge is -1.96. The molecule has 1 amide bonds. The predicted molar refractivity (Wildman–Crippen MR) is 45.6 cm³/mol. The van der Waals surface area contributed by atoms with Crippen molar-refractivity contribution in [1.82, 2.24) is 5.32 Å². The van der Waals surface area contributed by atoms with Gasteiger partial charge in [0, 0.05) is 13.1 Å². The monoisotopic (exact) mass is 153 g/mol. The summed E-state index contributed by atoms with van der Waals surface area (Å²) in [5.41, 5.74) is 0. The maximum absolute atomic E-state index is 10.5. The Kier molecular flexibility index (Phi) is 4.64. The van der Waals surface area contributed by atoms with Gasteiger partial charge in [-0.05, 0) is 13.6 Å². The number of rotatable bonds is 1. The summed E-state index contributed by atoms with van der Waals surface area (Å²) in [6.45, 7) is 6.44. The number of nitrogens with one attached hydrogen (secondary N) is 1. The third kappa shape index (κ3) is 5.02. The standard InChI is InChI=1S/C7H11N3O/c1-4-5-9-7(8-3)10-6(2)11/h4-5H,3H2,1-2H3,(H,9,10,11)/b5-4-. The van der Waals surface area contributed by atoms with Gasteiger partial charge in [-0.3, -0.25) is 10.1 Å². The molecule has 0 saturated heterocycles.